The average molecular weight is 315 g/mol. The van der Waals surface area contributed by atoms with Gasteiger partial charge in [-0.2, -0.15) is 5.10 Å². The Morgan fingerprint density at radius 3 is 2.48 bits per heavy atom. The van der Waals surface area contributed by atoms with Gasteiger partial charge in [-0.05, 0) is 59.2 Å². The molecule has 2 rings (SSSR count). The van der Waals surface area contributed by atoms with Crippen LogP contribution in [-0.2, 0) is 9.53 Å². The number of esters is 1. The zero-order chi connectivity index (χ0) is 17.4. The van der Waals surface area contributed by atoms with Crippen LogP contribution in [0.1, 0.15) is 49.3 Å². The van der Waals surface area contributed by atoms with Crippen LogP contribution in [0.2, 0.25) is 0 Å². The summed E-state index contributed by atoms with van der Waals surface area (Å²) in [6.07, 6.45) is 0. The minimum atomic E-state index is -0.840. The predicted molar refractivity (Wildman–Crippen MR) is 90.5 cm³/mol. The van der Waals surface area contributed by atoms with Gasteiger partial charge in [-0.1, -0.05) is 12.1 Å². The number of ether oxygens (including phenoxy) is 1. The lowest BCUT2D eigenvalue weighted by Crippen LogP contribution is -2.32. The van der Waals surface area contributed by atoms with Crippen LogP contribution in [0.3, 0.4) is 0 Å². The Labute approximate surface area is 137 Å². The van der Waals surface area contributed by atoms with Gasteiger partial charge in [-0.15, -0.1) is 0 Å². The maximum Gasteiger partial charge on any atom is 0.328 e. The summed E-state index contributed by atoms with van der Waals surface area (Å²) < 4.78 is 7.22. The van der Waals surface area contributed by atoms with Crippen molar-refractivity contribution >= 4 is 5.97 Å². The summed E-state index contributed by atoms with van der Waals surface area (Å²) in [5, 5.41) is 4.55. The molecule has 1 heterocycles. The number of carbonyl (C=O) groups excluding carboxylic acids is 1. The minimum absolute atomic E-state index is 0.438. The van der Waals surface area contributed by atoms with Gasteiger partial charge in [-0.25, -0.2) is 9.48 Å². The van der Waals surface area contributed by atoms with E-state index in [1.165, 1.54) is 0 Å². The lowest BCUT2D eigenvalue weighted by Gasteiger charge is -2.22. The van der Waals surface area contributed by atoms with Crippen molar-refractivity contribution < 1.29 is 9.53 Å². The van der Waals surface area contributed by atoms with Crippen molar-refractivity contribution in [1.82, 2.24) is 9.78 Å². The SMILES string of the molecule is Cc1cccc(-n2nc(C)c(C(N)C(=O)OC(C)(C)C)c2C)c1. The normalized spacial score (nSPS) is 13.0. The van der Waals surface area contributed by atoms with Crippen LogP contribution in [0.15, 0.2) is 24.3 Å². The van der Waals surface area contributed by atoms with Gasteiger partial charge in [0.2, 0.25) is 0 Å². The van der Waals surface area contributed by atoms with Crippen LogP contribution in [0.4, 0.5) is 0 Å². The second-order valence-electron chi connectivity index (χ2n) is 6.85. The topological polar surface area (TPSA) is 70.1 Å². The first-order valence-corrected chi connectivity index (χ1v) is 7.72. The first-order valence-electron chi connectivity index (χ1n) is 7.72. The van der Waals surface area contributed by atoms with Crippen molar-refractivity contribution in [1.29, 1.82) is 0 Å². The minimum Gasteiger partial charge on any atom is -0.459 e. The lowest BCUT2D eigenvalue weighted by molar-refractivity contribution is -0.156. The van der Waals surface area contributed by atoms with Gasteiger partial charge in [-0.3, -0.25) is 0 Å². The fourth-order valence-corrected chi connectivity index (χ4v) is 2.60. The number of carbonyl (C=O) groups is 1. The quantitative estimate of drug-likeness (QED) is 0.883. The molecule has 0 amide bonds. The summed E-state index contributed by atoms with van der Waals surface area (Å²) in [4.78, 5) is 12.3. The molecule has 23 heavy (non-hydrogen) atoms. The summed E-state index contributed by atoms with van der Waals surface area (Å²) in [5.41, 5.74) is 9.99. The standard InChI is InChI=1S/C18H25N3O2/c1-11-8-7-9-14(10-11)21-13(3)15(12(2)20-21)16(19)17(22)23-18(4,5)6/h7-10,16H,19H2,1-6H3. The third kappa shape index (κ3) is 3.79. The van der Waals surface area contributed by atoms with Crippen molar-refractivity contribution in [2.45, 2.75) is 53.2 Å². The van der Waals surface area contributed by atoms with E-state index < -0.39 is 17.6 Å². The number of hydrogen-bond acceptors (Lipinski definition) is 4. The highest BCUT2D eigenvalue weighted by Crippen LogP contribution is 2.25. The number of hydrogen-bond donors (Lipinski definition) is 1. The Morgan fingerprint density at radius 1 is 1.26 bits per heavy atom. The number of rotatable bonds is 3. The Morgan fingerprint density at radius 2 is 1.91 bits per heavy atom. The highest BCUT2D eigenvalue weighted by molar-refractivity contribution is 5.78. The van der Waals surface area contributed by atoms with Crippen molar-refractivity contribution in [3.8, 4) is 5.69 Å². The largest absolute Gasteiger partial charge is 0.459 e. The molecule has 2 aromatic rings. The molecule has 0 aliphatic heterocycles. The molecule has 0 radical (unpaired) electrons. The Balaban J connectivity index is 2.40. The first-order chi connectivity index (χ1) is 10.6. The fourth-order valence-electron chi connectivity index (χ4n) is 2.60. The summed E-state index contributed by atoms with van der Waals surface area (Å²) in [6.45, 7) is 11.3. The molecule has 0 fully saturated rings. The van der Waals surface area contributed by atoms with E-state index in [4.69, 9.17) is 10.5 Å². The van der Waals surface area contributed by atoms with E-state index in [0.717, 1.165) is 28.2 Å². The number of aromatic nitrogens is 2. The van der Waals surface area contributed by atoms with Crippen LogP contribution in [-0.4, -0.2) is 21.4 Å². The second kappa shape index (κ2) is 6.16. The zero-order valence-corrected chi connectivity index (χ0v) is 14.7. The number of nitrogens with two attached hydrogens (primary N) is 1. The molecule has 124 valence electrons. The van der Waals surface area contributed by atoms with Crippen LogP contribution < -0.4 is 5.73 Å². The number of aryl methyl sites for hydroxylation is 2. The third-order valence-electron chi connectivity index (χ3n) is 3.57. The molecule has 0 spiro atoms. The summed E-state index contributed by atoms with van der Waals surface area (Å²) in [6, 6.07) is 7.20. The van der Waals surface area contributed by atoms with Gasteiger partial charge >= 0.3 is 5.97 Å². The molecule has 5 nitrogen and oxygen atoms in total. The van der Waals surface area contributed by atoms with Crippen LogP contribution in [0.5, 0.6) is 0 Å². The van der Waals surface area contributed by atoms with Gasteiger partial charge in [0.25, 0.3) is 0 Å². The van der Waals surface area contributed by atoms with Gasteiger partial charge in [0, 0.05) is 11.3 Å². The molecule has 0 aliphatic rings. The molecule has 0 bridgehead atoms. The van der Waals surface area contributed by atoms with Gasteiger partial charge in [0.05, 0.1) is 11.4 Å². The first kappa shape index (κ1) is 17.2. The molecule has 0 aliphatic carbocycles. The molecular formula is C18H25N3O2. The lowest BCUT2D eigenvalue weighted by atomic mass is 10.1. The van der Waals surface area contributed by atoms with E-state index in [1.807, 2.05) is 70.5 Å². The van der Waals surface area contributed by atoms with Gasteiger partial charge in [0.15, 0.2) is 0 Å². The molecular weight excluding hydrogens is 290 g/mol. The number of benzene rings is 1. The van der Waals surface area contributed by atoms with Crippen LogP contribution in [0, 0.1) is 20.8 Å². The molecule has 0 saturated heterocycles. The van der Waals surface area contributed by atoms with Crippen molar-refractivity contribution in [3.05, 3.63) is 46.8 Å². The highest BCUT2D eigenvalue weighted by Gasteiger charge is 2.28. The predicted octanol–water partition coefficient (Wildman–Crippen LogP) is 3.14. The summed E-state index contributed by atoms with van der Waals surface area (Å²) in [7, 11) is 0. The van der Waals surface area contributed by atoms with Gasteiger partial charge < -0.3 is 10.5 Å². The van der Waals surface area contributed by atoms with E-state index in [0.29, 0.717) is 0 Å². The molecule has 2 N–H and O–H groups in total. The van der Waals surface area contributed by atoms with E-state index in [2.05, 4.69) is 5.10 Å². The third-order valence-corrected chi connectivity index (χ3v) is 3.57. The maximum absolute atomic E-state index is 12.3. The smallest absolute Gasteiger partial charge is 0.328 e. The summed E-state index contributed by atoms with van der Waals surface area (Å²) >= 11 is 0. The zero-order valence-electron chi connectivity index (χ0n) is 14.7. The van der Waals surface area contributed by atoms with E-state index in [9.17, 15) is 4.79 Å². The van der Waals surface area contributed by atoms with Crippen molar-refractivity contribution in [3.63, 3.8) is 0 Å². The van der Waals surface area contributed by atoms with Crippen LogP contribution in [0.25, 0.3) is 5.69 Å². The highest BCUT2D eigenvalue weighted by atomic mass is 16.6. The summed E-state index contributed by atoms with van der Waals surface area (Å²) in [5.74, 6) is -0.438. The molecule has 1 atom stereocenters. The Bertz CT molecular complexity index is 726. The maximum atomic E-state index is 12.3. The molecule has 1 aromatic carbocycles. The van der Waals surface area contributed by atoms with E-state index >= 15 is 0 Å². The van der Waals surface area contributed by atoms with E-state index in [1.54, 1.807) is 0 Å². The molecule has 0 saturated carbocycles. The fraction of sp³-hybridized carbons (Fsp3) is 0.444. The van der Waals surface area contributed by atoms with Crippen LogP contribution >= 0.6 is 0 Å². The van der Waals surface area contributed by atoms with Gasteiger partial charge in [0.1, 0.15) is 11.6 Å². The molecule has 1 unspecified atom stereocenters. The monoisotopic (exact) mass is 315 g/mol. The molecule has 5 heteroatoms. The van der Waals surface area contributed by atoms with E-state index in [-0.39, 0.29) is 0 Å². The van der Waals surface area contributed by atoms with Crippen molar-refractivity contribution in [2.75, 3.05) is 0 Å². The number of nitrogens with zero attached hydrogens (tertiary/aromatic N) is 2. The second-order valence-corrected chi connectivity index (χ2v) is 6.85. The Hall–Kier alpha value is -2.14. The Kier molecular flexibility index (Phi) is 4.61. The molecule has 1 aromatic heterocycles. The van der Waals surface area contributed by atoms with Crippen molar-refractivity contribution in [2.24, 2.45) is 5.73 Å². The average Bonchev–Trinajstić information content (AvgIpc) is 2.71.